The van der Waals surface area contributed by atoms with Gasteiger partial charge in [-0.05, 0) is 48.3 Å². The highest BCUT2D eigenvalue weighted by Gasteiger charge is 2.50. The molecular formula is C17H20F3NO2S. The predicted molar refractivity (Wildman–Crippen MR) is 87.2 cm³/mol. The van der Waals surface area contributed by atoms with Crippen LogP contribution in [-0.4, -0.2) is 34.2 Å². The van der Waals surface area contributed by atoms with E-state index < -0.39 is 23.5 Å². The molecule has 132 valence electrons. The second-order valence-electron chi connectivity index (χ2n) is 6.78. The molecule has 2 N–H and O–H groups in total. The standard InChI is InChI=1S/C17H20F3NO2S/c1-16-6-2-3-7-24-13(14(16)21-15(23)17(18,19)20)8-10-4-5-11(22)9-12(10)16/h4-5,9,13-14,22H,2-3,6-8H2,1H3,(H,21,23)/t13?,14-,16?/m1/s1. The molecule has 3 nitrogen and oxygen atoms in total. The number of amides is 1. The first kappa shape index (κ1) is 17.5. The number of hydrogen-bond donors (Lipinski definition) is 2. The van der Waals surface area contributed by atoms with E-state index >= 15 is 0 Å². The van der Waals surface area contributed by atoms with E-state index in [0.717, 1.165) is 29.7 Å². The van der Waals surface area contributed by atoms with E-state index in [9.17, 15) is 23.1 Å². The van der Waals surface area contributed by atoms with E-state index in [4.69, 9.17) is 0 Å². The van der Waals surface area contributed by atoms with Crippen LogP contribution >= 0.6 is 11.8 Å². The first-order chi connectivity index (χ1) is 11.2. The molecule has 3 rings (SSSR count). The second kappa shape index (κ2) is 6.17. The van der Waals surface area contributed by atoms with Crippen LogP contribution in [0.25, 0.3) is 0 Å². The molecule has 2 aliphatic rings. The number of phenolic OH excluding ortho intramolecular Hbond substituents is 1. The number of carbonyl (C=O) groups is 1. The molecule has 7 heteroatoms. The number of fused-ring (bicyclic) bond motifs is 4. The Morgan fingerprint density at radius 1 is 1.38 bits per heavy atom. The van der Waals surface area contributed by atoms with Crippen molar-refractivity contribution in [3.8, 4) is 5.75 Å². The highest BCUT2D eigenvalue weighted by molar-refractivity contribution is 7.99. The molecule has 2 bridgehead atoms. The number of aromatic hydroxyl groups is 1. The van der Waals surface area contributed by atoms with Crippen molar-refractivity contribution in [2.24, 2.45) is 0 Å². The van der Waals surface area contributed by atoms with Crippen LogP contribution in [0.5, 0.6) is 5.75 Å². The van der Waals surface area contributed by atoms with Crippen LogP contribution in [0.2, 0.25) is 0 Å². The fourth-order valence-corrected chi connectivity index (χ4v) is 5.47. The number of alkyl halides is 3. The van der Waals surface area contributed by atoms with E-state index in [1.165, 1.54) is 0 Å². The Morgan fingerprint density at radius 3 is 2.83 bits per heavy atom. The van der Waals surface area contributed by atoms with E-state index in [1.54, 1.807) is 23.9 Å². The van der Waals surface area contributed by atoms with Gasteiger partial charge in [0.25, 0.3) is 0 Å². The van der Waals surface area contributed by atoms with E-state index in [2.05, 4.69) is 5.32 Å². The molecule has 2 unspecified atom stereocenters. The van der Waals surface area contributed by atoms with Gasteiger partial charge in [0.05, 0.1) is 6.04 Å². The van der Waals surface area contributed by atoms with Gasteiger partial charge in [0.1, 0.15) is 5.75 Å². The van der Waals surface area contributed by atoms with Gasteiger partial charge in [-0.25, -0.2) is 0 Å². The van der Waals surface area contributed by atoms with Gasteiger partial charge in [-0.1, -0.05) is 19.4 Å². The molecule has 1 saturated heterocycles. The molecule has 1 aromatic rings. The summed E-state index contributed by atoms with van der Waals surface area (Å²) in [6, 6.07) is 4.50. The van der Waals surface area contributed by atoms with Crippen molar-refractivity contribution < 1.29 is 23.1 Å². The monoisotopic (exact) mass is 359 g/mol. The number of halogens is 3. The first-order valence-corrected chi connectivity index (χ1v) is 9.08. The molecule has 1 aromatic carbocycles. The maximum atomic E-state index is 12.8. The average molecular weight is 359 g/mol. The fraction of sp³-hybridized carbons (Fsp3) is 0.588. The lowest BCUT2D eigenvalue weighted by Gasteiger charge is -2.48. The SMILES string of the molecule is CC12CCCCSC(Cc3ccc(O)cc31)[C@H]2NC(=O)C(F)(F)F. The van der Waals surface area contributed by atoms with Gasteiger partial charge in [0.15, 0.2) is 0 Å². The predicted octanol–water partition coefficient (Wildman–Crippen LogP) is 3.54. The third-order valence-corrected chi connectivity index (χ3v) is 6.55. The fourth-order valence-electron chi connectivity index (χ4n) is 3.94. The van der Waals surface area contributed by atoms with E-state index in [0.29, 0.717) is 12.8 Å². The smallest absolute Gasteiger partial charge is 0.471 e. The molecule has 1 amide bonds. The summed E-state index contributed by atoms with van der Waals surface area (Å²) in [4.78, 5) is 11.6. The molecule has 1 heterocycles. The van der Waals surface area contributed by atoms with E-state index in [1.807, 2.05) is 13.0 Å². The van der Waals surface area contributed by atoms with Crippen molar-refractivity contribution in [2.45, 2.75) is 55.5 Å². The van der Waals surface area contributed by atoms with Gasteiger partial charge < -0.3 is 10.4 Å². The Bertz CT molecular complexity index is 649. The molecule has 0 saturated carbocycles. The topological polar surface area (TPSA) is 49.3 Å². The first-order valence-electron chi connectivity index (χ1n) is 8.03. The summed E-state index contributed by atoms with van der Waals surface area (Å²) in [5.41, 5.74) is 1.28. The Hall–Kier alpha value is -1.37. The van der Waals surface area contributed by atoms with Gasteiger partial charge >= 0.3 is 12.1 Å². The molecule has 1 aliphatic heterocycles. The van der Waals surface area contributed by atoms with Gasteiger partial charge in [0.2, 0.25) is 0 Å². The molecule has 24 heavy (non-hydrogen) atoms. The summed E-state index contributed by atoms with van der Waals surface area (Å²) in [6.07, 6.45) is -1.73. The highest BCUT2D eigenvalue weighted by Crippen LogP contribution is 2.47. The zero-order valence-corrected chi connectivity index (χ0v) is 14.1. The summed E-state index contributed by atoms with van der Waals surface area (Å²) in [5.74, 6) is -0.899. The van der Waals surface area contributed by atoms with Crippen molar-refractivity contribution in [1.29, 1.82) is 0 Å². The normalized spacial score (nSPS) is 30.0. The van der Waals surface area contributed by atoms with Crippen molar-refractivity contribution in [3.63, 3.8) is 0 Å². The van der Waals surface area contributed by atoms with Crippen LogP contribution in [-0.2, 0) is 16.6 Å². The highest BCUT2D eigenvalue weighted by atomic mass is 32.2. The van der Waals surface area contributed by atoms with Crippen LogP contribution in [0.15, 0.2) is 18.2 Å². The minimum absolute atomic E-state index is 0.0985. The summed E-state index contributed by atoms with van der Waals surface area (Å²) >= 11 is 1.63. The molecule has 0 aromatic heterocycles. The Morgan fingerprint density at radius 2 is 2.12 bits per heavy atom. The van der Waals surface area contributed by atoms with Gasteiger partial charge in [-0.2, -0.15) is 24.9 Å². The number of nitrogens with one attached hydrogen (secondary N) is 1. The summed E-state index contributed by atoms with van der Waals surface area (Å²) in [7, 11) is 0. The number of rotatable bonds is 1. The van der Waals surface area contributed by atoms with Crippen molar-refractivity contribution >= 4 is 17.7 Å². The molecule has 3 atom stereocenters. The quantitative estimate of drug-likeness (QED) is 0.806. The third kappa shape index (κ3) is 3.10. The molecular weight excluding hydrogens is 339 g/mol. The van der Waals surface area contributed by atoms with Gasteiger partial charge in [-0.3, -0.25) is 4.79 Å². The van der Waals surface area contributed by atoms with Crippen molar-refractivity contribution in [3.05, 3.63) is 29.3 Å². The molecule has 1 aliphatic carbocycles. The van der Waals surface area contributed by atoms with Crippen molar-refractivity contribution in [1.82, 2.24) is 5.32 Å². The number of benzene rings is 1. The largest absolute Gasteiger partial charge is 0.508 e. The van der Waals surface area contributed by atoms with Gasteiger partial charge in [0, 0.05) is 10.7 Å². The molecule has 1 fully saturated rings. The second-order valence-corrected chi connectivity index (χ2v) is 8.13. The Kier molecular flexibility index (Phi) is 4.49. The maximum absolute atomic E-state index is 12.8. The van der Waals surface area contributed by atoms with E-state index in [-0.39, 0.29) is 11.0 Å². The molecule has 0 spiro atoms. The Balaban J connectivity index is 2.04. The van der Waals surface area contributed by atoms with Crippen LogP contribution < -0.4 is 5.32 Å². The van der Waals surface area contributed by atoms with Crippen LogP contribution in [0.3, 0.4) is 0 Å². The molecule has 0 radical (unpaired) electrons. The average Bonchev–Trinajstić information content (AvgIpc) is 2.49. The van der Waals surface area contributed by atoms with Crippen LogP contribution in [0.4, 0.5) is 13.2 Å². The Labute approximate surface area is 143 Å². The summed E-state index contributed by atoms with van der Waals surface area (Å²) in [5, 5.41) is 12.0. The lowest BCUT2D eigenvalue weighted by molar-refractivity contribution is -0.175. The minimum Gasteiger partial charge on any atom is -0.508 e. The lowest BCUT2D eigenvalue weighted by Crippen LogP contribution is -2.60. The maximum Gasteiger partial charge on any atom is 0.471 e. The van der Waals surface area contributed by atoms with Crippen LogP contribution in [0, 0.1) is 0 Å². The zero-order chi connectivity index (χ0) is 17.5. The zero-order valence-electron chi connectivity index (χ0n) is 13.3. The lowest BCUT2D eigenvalue weighted by atomic mass is 9.65. The number of thioether (sulfide) groups is 1. The van der Waals surface area contributed by atoms with Crippen molar-refractivity contribution in [2.75, 3.05) is 5.75 Å². The number of phenols is 1. The third-order valence-electron chi connectivity index (χ3n) is 5.15. The van der Waals surface area contributed by atoms with Crippen LogP contribution in [0.1, 0.15) is 37.3 Å². The van der Waals surface area contributed by atoms with Gasteiger partial charge in [-0.15, -0.1) is 0 Å². The number of hydrogen-bond acceptors (Lipinski definition) is 3. The summed E-state index contributed by atoms with van der Waals surface area (Å²) in [6.45, 7) is 1.91. The summed E-state index contributed by atoms with van der Waals surface area (Å²) < 4.78 is 38.4. The number of carbonyl (C=O) groups excluding carboxylic acids is 1. The minimum atomic E-state index is -4.89.